The second kappa shape index (κ2) is 50.3. The van der Waals surface area contributed by atoms with Crippen molar-refractivity contribution >= 4 is 11.9 Å². The zero-order chi connectivity index (χ0) is 45.9. The topological polar surface area (TPSA) is 95.9 Å². The Bertz CT molecular complexity index is 1170. The van der Waals surface area contributed by atoms with Crippen molar-refractivity contribution in [2.24, 2.45) is 0 Å². The molecule has 0 bridgehead atoms. The molecular weight excluding hydrogens is 779 g/mol. The van der Waals surface area contributed by atoms with Crippen molar-refractivity contribution in [3.05, 3.63) is 72.9 Å². The van der Waals surface area contributed by atoms with E-state index in [1.165, 1.54) is 96.3 Å². The number of aliphatic hydroxyl groups is 2. The molecular formula is C57H101NO5. The Kier molecular flexibility index (Phi) is 48.1. The van der Waals surface area contributed by atoms with E-state index < -0.39 is 18.2 Å². The maximum Gasteiger partial charge on any atom is 0.306 e. The highest BCUT2D eigenvalue weighted by atomic mass is 16.5. The molecule has 6 heteroatoms. The van der Waals surface area contributed by atoms with Crippen LogP contribution >= 0.6 is 0 Å². The monoisotopic (exact) mass is 880 g/mol. The highest BCUT2D eigenvalue weighted by Crippen LogP contribution is 2.17. The number of aliphatic hydroxyl groups excluding tert-OH is 2. The standard InChI is InChI=1S/C57H101NO5/c1-4-7-10-13-16-19-22-24-26-28-30-32-34-36-39-42-45-48-53(51-56(61)58-54(52-59)55(60)49-46-43-40-37-21-18-15-12-9-6-3)63-57(62)50-47-44-41-38-35-33-31-29-27-25-23-20-17-14-11-8-5-2/h16-17,19-20,24-27,30-33,53-55,59-60H,4-15,18,21-23,28-29,34-52H2,1-3H3,(H,58,61)/b19-16-,20-17-,26-24-,27-25-,32-30-,33-31-. The van der Waals surface area contributed by atoms with Crippen LogP contribution in [-0.2, 0) is 14.3 Å². The van der Waals surface area contributed by atoms with Gasteiger partial charge in [-0.2, -0.15) is 0 Å². The van der Waals surface area contributed by atoms with E-state index in [1.807, 2.05) is 0 Å². The molecule has 0 saturated heterocycles. The molecule has 1 amide bonds. The van der Waals surface area contributed by atoms with E-state index in [2.05, 4.69) is 99.0 Å². The smallest absolute Gasteiger partial charge is 0.306 e. The Morgan fingerprint density at radius 1 is 0.460 bits per heavy atom. The fraction of sp³-hybridized carbons (Fsp3) is 0.754. The first-order valence-corrected chi connectivity index (χ1v) is 26.7. The fourth-order valence-corrected chi connectivity index (χ4v) is 7.68. The van der Waals surface area contributed by atoms with Gasteiger partial charge in [-0.25, -0.2) is 0 Å². The summed E-state index contributed by atoms with van der Waals surface area (Å²) in [6.45, 7) is 6.41. The second-order valence-corrected chi connectivity index (χ2v) is 17.9. The molecule has 63 heavy (non-hydrogen) atoms. The average Bonchev–Trinajstić information content (AvgIpc) is 3.28. The Morgan fingerprint density at radius 2 is 0.810 bits per heavy atom. The Balaban J connectivity index is 4.68. The number of hydrogen-bond donors (Lipinski definition) is 3. The molecule has 3 N–H and O–H groups in total. The van der Waals surface area contributed by atoms with Crippen molar-refractivity contribution in [3.63, 3.8) is 0 Å². The van der Waals surface area contributed by atoms with Gasteiger partial charge in [0.05, 0.1) is 25.2 Å². The van der Waals surface area contributed by atoms with Crippen molar-refractivity contribution in [2.45, 2.75) is 270 Å². The summed E-state index contributed by atoms with van der Waals surface area (Å²) in [5, 5.41) is 23.7. The third-order valence-corrected chi connectivity index (χ3v) is 11.8. The Labute approximate surface area is 390 Å². The molecule has 0 aliphatic heterocycles. The van der Waals surface area contributed by atoms with Gasteiger partial charge in [0, 0.05) is 6.42 Å². The summed E-state index contributed by atoms with van der Waals surface area (Å²) < 4.78 is 5.93. The number of unbranched alkanes of at least 4 members (excludes halogenated alkanes) is 23. The van der Waals surface area contributed by atoms with E-state index in [-0.39, 0.29) is 24.9 Å². The van der Waals surface area contributed by atoms with Gasteiger partial charge in [-0.3, -0.25) is 9.59 Å². The normalized spacial score (nSPS) is 13.8. The van der Waals surface area contributed by atoms with Crippen molar-refractivity contribution in [1.82, 2.24) is 5.32 Å². The summed E-state index contributed by atoms with van der Waals surface area (Å²) in [5.74, 6) is -0.522. The van der Waals surface area contributed by atoms with Gasteiger partial charge in [0.25, 0.3) is 0 Å². The molecule has 364 valence electrons. The largest absolute Gasteiger partial charge is 0.462 e. The number of hydrogen-bond acceptors (Lipinski definition) is 5. The summed E-state index contributed by atoms with van der Waals surface area (Å²) in [5.41, 5.74) is 0. The molecule has 0 aromatic rings. The van der Waals surface area contributed by atoms with Crippen LogP contribution in [0.4, 0.5) is 0 Å². The van der Waals surface area contributed by atoms with E-state index in [0.29, 0.717) is 19.3 Å². The van der Waals surface area contributed by atoms with Gasteiger partial charge in [-0.05, 0) is 103 Å². The van der Waals surface area contributed by atoms with Gasteiger partial charge in [-0.15, -0.1) is 0 Å². The lowest BCUT2D eigenvalue weighted by Gasteiger charge is -2.24. The quantitative estimate of drug-likeness (QED) is 0.0321. The fourth-order valence-electron chi connectivity index (χ4n) is 7.68. The van der Waals surface area contributed by atoms with E-state index in [4.69, 9.17) is 4.74 Å². The third-order valence-electron chi connectivity index (χ3n) is 11.8. The van der Waals surface area contributed by atoms with Gasteiger partial charge < -0.3 is 20.3 Å². The van der Waals surface area contributed by atoms with Crippen LogP contribution in [-0.4, -0.2) is 46.9 Å². The lowest BCUT2D eigenvalue weighted by Crippen LogP contribution is -2.46. The van der Waals surface area contributed by atoms with Crippen LogP contribution < -0.4 is 5.32 Å². The van der Waals surface area contributed by atoms with E-state index in [0.717, 1.165) is 109 Å². The van der Waals surface area contributed by atoms with Crippen LogP contribution in [0.15, 0.2) is 72.9 Å². The lowest BCUT2D eigenvalue weighted by atomic mass is 10.0. The minimum atomic E-state index is -0.800. The van der Waals surface area contributed by atoms with Gasteiger partial charge in [0.15, 0.2) is 0 Å². The molecule has 0 radical (unpaired) electrons. The van der Waals surface area contributed by atoms with Gasteiger partial charge in [-0.1, -0.05) is 209 Å². The predicted octanol–water partition coefficient (Wildman–Crippen LogP) is 16.2. The minimum absolute atomic E-state index is 0.0510. The maximum atomic E-state index is 13.2. The second-order valence-electron chi connectivity index (χ2n) is 17.9. The van der Waals surface area contributed by atoms with Crippen LogP contribution in [0.5, 0.6) is 0 Å². The summed E-state index contributed by atoms with van der Waals surface area (Å²) in [7, 11) is 0. The number of carbonyl (C=O) groups is 2. The van der Waals surface area contributed by atoms with Crippen molar-refractivity contribution in [2.75, 3.05) is 6.61 Å². The first kappa shape index (κ1) is 60.3. The van der Waals surface area contributed by atoms with Crippen LogP contribution in [0, 0.1) is 0 Å². The van der Waals surface area contributed by atoms with Crippen LogP contribution in [0.25, 0.3) is 0 Å². The zero-order valence-electron chi connectivity index (χ0n) is 41.4. The maximum absolute atomic E-state index is 13.2. The van der Waals surface area contributed by atoms with E-state index in [9.17, 15) is 19.8 Å². The molecule has 0 aromatic heterocycles. The molecule has 0 rings (SSSR count). The Hall–Kier alpha value is -2.70. The number of esters is 1. The van der Waals surface area contributed by atoms with Crippen LogP contribution in [0.3, 0.4) is 0 Å². The molecule has 0 fully saturated rings. The molecule has 3 unspecified atom stereocenters. The summed E-state index contributed by atoms with van der Waals surface area (Å²) in [6, 6.07) is -0.716. The van der Waals surface area contributed by atoms with Gasteiger partial charge in [0.2, 0.25) is 5.91 Å². The number of carbonyl (C=O) groups excluding carboxylic acids is 2. The van der Waals surface area contributed by atoms with E-state index >= 15 is 0 Å². The molecule has 0 heterocycles. The first-order valence-electron chi connectivity index (χ1n) is 26.7. The number of ether oxygens (including phenoxy) is 1. The number of nitrogens with one attached hydrogen (secondary N) is 1. The molecule has 0 aliphatic rings. The third kappa shape index (κ3) is 45.7. The highest BCUT2D eigenvalue weighted by molar-refractivity contribution is 5.77. The van der Waals surface area contributed by atoms with Crippen LogP contribution in [0.2, 0.25) is 0 Å². The first-order chi connectivity index (χ1) is 31.0. The number of rotatable bonds is 47. The Morgan fingerprint density at radius 3 is 1.25 bits per heavy atom. The average molecular weight is 880 g/mol. The van der Waals surface area contributed by atoms with Gasteiger partial charge >= 0.3 is 5.97 Å². The predicted molar refractivity (Wildman–Crippen MR) is 273 cm³/mol. The van der Waals surface area contributed by atoms with Crippen molar-refractivity contribution < 1.29 is 24.5 Å². The minimum Gasteiger partial charge on any atom is -0.462 e. The molecule has 0 aromatic carbocycles. The van der Waals surface area contributed by atoms with Crippen molar-refractivity contribution in [3.8, 4) is 0 Å². The molecule has 0 spiro atoms. The van der Waals surface area contributed by atoms with Gasteiger partial charge in [0.1, 0.15) is 6.10 Å². The zero-order valence-corrected chi connectivity index (χ0v) is 41.4. The lowest BCUT2D eigenvalue weighted by molar-refractivity contribution is -0.151. The summed E-state index contributed by atoms with van der Waals surface area (Å²) in [4.78, 5) is 26.2. The molecule has 3 atom stereocenters. The molecule has 0 aliphatic carbocycles. The highest BCUT2D eigenvalue weighted by Gasteiger charge is 2.24. The molecule has 0 saturated carbocycles. The van der Waals surface area contributed by atoms with E-state index in [1.54, 1.807) is 0 Å². The number of amides is 1. The summed E-state index contributed by atoms with van der Waals surface area (Å²) in [6.07, 6.45) is 63.8. The number of allylic oxidation sites excluding steroid dienone is 12. The van der Waals surface area contributed by atoms with Crippen molar-refractivity contribution in [1.29, 1.82) is 0 Å². The molecule has 6 nitrogen and oxygen atoms in total. The SMILES string of the molecule is CCCCC/C=C\C/C=C\C/C=C\CCCCCCC(=O)OC(CCCCCC/C=C\C/C=C\C/C=C\CCCCC)CC(=O)NC(CO)C(O)CCCCCCCCCCCC. The summed E-state index contributed by atoms with van der Waals surface area (Å²) >= 11 is 0. The van der Waals surface area contributed by atoms with Crippen LogP contribution in [0.1, 0.15) is 252 Å².